The first-order chi connectivity index (χ1) is 13.7. The maximum Gasteiger partial charge on any atom is 0.321 e. The van der Waals surface area contributed by atoms with E-state index in [2.05, 4.69) is 6.92 Å². The van der Waals surface area contributed by atoms with Crippen LogP contribution < -0.4 is 4.74 Å². The number of carbonyl (C=O) groups is 1. The average Bonchev–Trinajstić information content (AvgIpc) is 2.68. The second kappa shape index (κ2) is 10.4. The summed E-state index contributed by atoms with van der Waals surface area (Å²) < 4.78 is 31.6. The highest BCUT2D eigenvalue weighted by Gasteiger charge is 2.28. The first kappa shape index (κ1) is 22.9. The Kier molecular flexibility index (Phi) is 8.19. The molecule has 0 bridgehead atoms. The minimum Gasteiger partial charge on any atom is -0.494 e. The van der Waals surface area contributed by atoms with Gasteiger partial charge >= 0.3 is 5.97 Å². The smallest absolute Gasteiger partial charge is 0.321 e. The van der Waals surface area contributed by atoms with Gasteiger partial charge < -0.3 is 9.84 Å². The van der Waals surface area contributed by atoms with Crippen LogP contribution in [-0.4, -0.2) is 43.2 Å². The molecule has 0 aliphatic heterocycles. The van der Waals surface area contributed by atoms with E-state index in [-0.39, 0.29) is 4.90 Å². The van der Waals surface area contributed by atoms with Gasteiger partial charge in [0.2, 0.25) is 0 Å². The molecule has 29 heavy (non-hydrogen) atoms. The largest absolute Gasteiger partial charge is 0.494 e. The Morgan fingerprint density at radius 2 is 1.59 bits per heavy atom. The number of sulfonamides is 1. The van der Waals surface area contributed by atoms with Crippen LogP contribution in [0, 0.1) is 0 Å². The Bertz CT molecular complexity index is 892. The molecule has 2 aromatic rings. The summed E-state index contributed by atoms with van der Waals surface area (Å²) in [4.78, 5) is 16.2. The highest BCUT2D eigenvalue weighted by Crippen LogP contribution is 2.25. The van der Waals surface area contributed by atoms with E-state index in [1.165, 1.54) is 12.1 Å². The van der Waals surface area contributed by atoms with Crippen LogP contribution in [0.5, 0.6) is 5.75 Å². The van der Waals surface area contributed by atoms with Gasteiger partial charge in [-0.2, -0.15) is 0 Å². The van der Waals surface area contributed by atoms with Crippen molar-refractivity contribution in [1.82, 2.24) is 4.47 Å². The molecule has 1 N–H and O–H groups in total. The standard InChI is InChI=1S/C21H27NO6S/c1-4-5-14-27-19-10-6-17(7-11-19)18-8-12-20(13-9-18)29(25,26)22(15-21(23)24)28-16(2)3/h6-13,16H,4-5,14-15H2,1-3H3,(H,23,24). The summed E-state index contributed by atoms with van der Waals surface area (Å²) in [6, 6.07) is 13.8. The van der Waals surface area contributed by atoms with Crippen molar-refractivity contribution in [2.75, 3.05) is 13.2 Å². The van der Waals surface area contributed by atoms with E-state index < -0.39 is 28.6 Å². The lowest BCUT2D eigenvalue weighted by Crippen LogP contribution is -2.37. The lowest BCUT2D eigenvalue weighted by atomic mass is 10.1. The molecule has 0 aliphatic rings. The van der Waals surface area contributed by atoms with Gasteiger partial charge in [0.1, 0.15) is 12.3 Å². The quantitative estimate of drug-likeness (QED) is 0.436. The number of hydroxylamine groups is 1. The Balaban J connectivity index is 2.18. The van der Waals surface area contributed by atoms with Gasteiger partial charge in [0.15, 0.2) is 0 Å². The van der Waals surface area contributed by atoms with Gasteiger partial charge in [-0.15, -0.1) is 0 Å². The monoisotopic (exact) mass is 421 g/mol. The van der Waals surface area contributed by atoms with Crippen molar-refractivity contribution in [1.29, 1.82) is 0 Å². The second-order valence-corrected chi connectivity index (χ2v) is 8.59. The van der Waals surface area contributed by atoms with Gasteiger partial charge in [0.05, 0.1) is 17.6 Å². The van der Waals surface area contributed by atoms with Crippen LogP contribution in [0.1, 0.15) is 33.6 Å². The Morgan fingerprint density at radius 3 is 2.07 bits per heavy atom. The van der Waals surface area contributed by atoms with Gasteiger partial charge in [0.25, 0.3) is 10.0 Å². The predicted molar refractivity (Wildman–Crippen MR) is 110 cm³/mol. The van der Waals surface area contributed by atoms with Crippen molar-refractivity contribution in [2.24, 2.45) is 0 Å². The third-order valence-corrected chi connectivity index (χ3v) is 5.59. The number of rotatable bonds is 11. The van der Waals surface area contributed by atoms with Gasteiger partial charge in [-0.05, 0) is 55.7 Å². The van der Waals surface area contributed by atoms with E-state index >= 15 is 0 Å². The van der Waals surface area contributed by atoms with Crippen LogP contribution in [0.3, 0.4) is 0 Å². The van der Waals surface area contributed by atoms with Crippen LogP contribution in [-0.2, 0) is 19.7 Å². The lowest BCUT2D eigenvalue weighted by molar-refractivity contribution is -0.156. The fourth-order valence-corrected chi connectivity index (χ4v) is 3.82. The number of hydrogen-bond donors (Lipinski definition) is 1. The summed E-state index contributed by atoms with van der Waals surface area (Å²) in [5.41, 5.74) is 1.75. The van der Waals surface area contributed by atoms with E-state index in [1.807, 2.05) is 24.3 Å². The number of unbranched alkanes of at least 4 members (excludes halogenated alkanes) is 1. The zero-order valence-electron chi connectivity index (χ0n) is 16.9. The minimum absolute atomic E-state index is 0.0392. The molecule has 0 saturated heterocycles. The normalized spacial score (nSPS) is 11.8. The van der Waals surface area contributed by atoms with Crippen LogP contribution in [0.2, 0.25) is 0 Å². The van der Waals surface area contributed by atoms with Gasteiger partial charge in [-0.25, -0.2) is 8.42 Å². The average molecular weight is 422 g/mol. The highest BCUT2D eigenvalue weighted by atomic mass is 32.2. The topological polar surface area (TPSA) is 93.1 Å². The van der Waals surface area contributed by atoms with Crippen LogP contribution in [0.25, 0.3) is 11.1 Å². The van der Waals surface area contributed by atoms with E-state index in [4.69, 9.17) is 14.7 Å². The molecule has 0 saturated carbocycles. The molecule has 7 nitrogen and oxygen atoms in total. The molecule has 0 fully saturated rings. The first-order valence-corrected chi connectivity index (χ1v) is 10.9. The van der Waals surface area contributed by atoms with Gasteiger partial charge in [-0.1, -0.05) is 42.1 Å². The number of ether oxygens (including phenoxy) is 1. The Labute approximate surface area is 171 Å². The van der Waals surface area contributed by atoms with Crippen LogP contribution in [0.4, 0.5) is 0 Å². The third-order valence-electron chi connectivity index (χ3n) is 3.97. The number of nitrogens with zero attached hydrogens (tertiary/aromatic N) is 1. The maximum absolute atomic E-state index is 12.7. The van der Waals surface area contributed by atoms with Gasteiger partial charge in [0, 0.05) is 0 Å². The van der Waals surface area contributed by atoms with Crippen molar-refractivity contribution >= 4 is 16.0 Å². The Hall–Kier alpha value is -2.42. The number of carboxylic acids is 1. The fraction of sp³-hybridized carbons (Fsp3) is 0.381. The molecule has 0 aromatic heterocycles. The number of aliphatic carboxylic acids is 1. The maximum atomic E-state index is 12.7. The first-order valence-electron chi connectivity index (χ1n) is 9.48. The van der Waals surface area contributed by atoms with Crippen molar-refractivity contribution in [3.8, 4) is 16.9 Å². The zero-order chi connectivity index (χ0) is 21.4. The molecule has 8 heteroatoms. The lowest BCUT2D eigenvalue weighted by Gasteiger charge is -2.22. The molecular weight excluding hydrogens is 394 g/mol. The van der Waals surface area contributed by atoms with Crippen molar-refractivity contribution < 1.29 is 27.9 Å². The highest BCUT2D eigenvalue weighted by molar-refractivity contribution is 7.89. The fourth-order valence-electron chi connectivity index (χ4n) is 2.54. The summed E-state index contributed by atoms with van der Waals surface area (Å²) in [7, 11) is -4.10. The summed E-state index contributed by atoms with van der Waals surface area (Å²) in [6.45, 7) is 5.26. The van der Waals surface area contributed by atoms with Crippen LogP contribution in [0.15, 0.2) is 53.4 Å². The van der Waals surface area contributed by atoms with Crippen molar-refractivity contribution in [3.05, 3.63) is 48.5 Å². The molecule has 0 radical (unpaired) electrons. The molecule has 2 aromatic carbocycles. The number of carboxylic acid groups (broad SMARTS) is 1. The predicted octanol–water partition coefficient (Wildman–Crippen LogP) is 3.95. The van der Waals surface area contributed by atoms with Crippen molar-refractivity contribution in [3.63, 3.8) is 0 Å². The zero-order valence-corrected chi connectivity index (χ0v) is 17.7. The minimum atomic E-state index is -4.10. The van der Waals surface area contributed by atoms with Gasteiger partial charge in [-0.3, -0.25) is 9.63 Å². The molecule has 2 rings (SSSR count). The summed E-state index contributed by atoms with van der Waals surface area (Å²) in [5.74, 6) is -0.511. The molecule has 158 valence electrons. The van der Waals surface area contributed by atoms with E-state index in [0.29, 0.717) is 11.1 Å². The molecule has 0 aliphatic carbocycles. The van der Waals surface area contributed by atoms with E-state index in [9.17, 15) is 13.2 Å². The molecule has 0 unspecified atom stereocenters. The third kappa shape index (κ3) is 6.56. The van der Waals surface area contributed by atoms with Crippen molar-refractivity contribution in [2.45, 2.75) is 44.6 Å². The molecule has 0 spiro atoms. The SMILES string of the molecule is CCCCOc1ccc(-c2ccc(S(=O)(=O)N(CC(=O)O)OC(C)C)cc2)cc1. The molecule has 0 heterocycles. The number of hydrogen-bond acceptors (Lipinski definition) is 5. The summed E-state index contributed by atoms with van der Waals surface area (Å²) >= 11 is 0. The number of benzene rings is 2. The summed E-state index contributed by atoms with van der Waals surface area (Å²) in [5, 5.41) is 8.99. The van der Waals surface area contributed by atoms with E-state index in [1.54, 1.807) is 26.0 Å². The molecule has 0 amide bonds. The van der Waals surface area contributed by atoms with E-state index in [0.717, 1.165) is 29.7 Å². The summed E-state index contributed by atoms with van der Waals surface area (Å²) in [6.07, 6.45) is 1.58. The molecule has 0 atom stereocenters. The van der Waals surface area contributed by atoms with Crippen LogP contribution >= 0.6 is 0 Å². The molecular formula is C21H27NO6S. The second-order valence-electron chi connectivity index (χ2n) is 6.76. The Morgan fingerprint density at radius 1 is 1.03 bits per heavy atom.